The molecule has 0 amide bonds. The minimum absolute atomic E-state index is 0.277. The Morgan fingerprint density at radius 3 is 2.50 bits per heavy atom. The molecule has 0 aromatic heterocycles. The zero-order valence-corrected chi connectivity index (χ0v) is 8.56. The van der Waals surface area contributed by atoms with Crippen molar-refractivity contribution >= 4 is 27.3 Å². The van der Waals surface area contributed by atoms with Crippen LogP contribution in [0.3, 0.4) is 0 Å². The fourth-order valence-corrected chi connectivity index (χ4v) is 1.36. The number of anilines is 1. The van der Waals surface area contributed by atoms with Gasteiger partial charge in [-0.15, -0.1) is 0 Å². The molecule has 0 aliphatic carbocycles. The molecule has 0 atom stereocenters. The zero-order chi connectivity index (χ0) is 10.9. The van der Waals surface area contributed by atoms with E-state index in [0.717, 1.165) is 6.07 Å². The Morgan fingerprint density at radius 2 is 2.07 bits per heavy atom. The number of rotatable bonds is 2. The maximum Gasteiger partial charge on any atom is 0.296 e. The molecule has 0 radical (unpaired) electrons. The first-order valence-corrected chi connectivity index (χ1v) is 4.28. The van der Waals surface area contributed by atoms with Crippen molar-refractivity contribution in [1.29, 1.82) is 0 Å². The molecule has 0 spiro atoms. The molecular formula is C7H5BrF2N2O2. The summed E-state index contributed by atoms with van der Waals surface area (Å²) in [6, 6.07) is 0.907. The summed E-state index contributed by atoms with van der Waals surface area (Å²) < 4.78 is 25.8. The van der Waals surface area contributed by atoms with Crippen molar-refractivity contribution in [2.45, 2.75) is 0 Å². The minimum atomic E-state index is -1.27. The summed E-state index contributed by atoms with van der Waals surface area (Å²) >= 11 is 2.68. The molecule has 1 N–H and O–H groups in total. The third kappa shape index (κ3) is 1.67. The van der Waals surface area contributed by atoms with Crippen LogP contribution in [0.2, 0.25) is 0 Å². The summed E-state index contributed by atoms with van der Waals surface area (Å²) in [4.78, 5) is 9.66. The molecule has 1 rings (SSSR count). The maximum absolute atomic E-state index is 13.1. The summed E-state index contributed by atoms with van der Waals surface area (Å²) in [6.07, 6.45) is 0. The van der Waals surface area contributed by atoms with Gasteiger partial charge < -0.3 is 5.32 Å². The van der Waals surface area contributed by atoms with Crippen LogP contribution in [0.1, 0.15) is 0 Å². The van der Waals surface area contributed by atoms with E-state index in [9.17, 15) is 18.9 Å². The average molecular weight is 267 g/mol. The lowest BCUT2D eigenvalue weighted by molar-refractivity contribution is -0.384. The molecule has 0 saturated carbocycles. The van der Waals surface area contributed by atoms with Crippen LogP contribution < -0.4 is 5.32 Å². The Bertz CT molecular complexity index is 398. The Kier molecular flexibility index (Phi) is 3.00. The fourth-order valence-electron chi connectivity index (χ4n) is 0.964. The summed E-state index contributed by atoms with van der Waals surface area (Å²) in [6.45, 7) is 0. The molecule has 0 aliphatic rings. The smallest absolute Gasteiger partial charge is 0.296 e. The second-order valence-corrected chi connectivity index (χ2v) is 3.24. The van der Waals surface area contributed by atoms with Gasteiger partial charge in [-0.2, -0.15) is 0 Å². The predicted molar refractivity (Wildman–Crippen MR) is 50.3 cm³/mol. The van der Waals surface area contributed by atoms with Crippen LogP contribution in [-0.2, 0) is 0 Å². The van der Waals surface area contributed by atoms with Crippen LogP contribution in [0, 0.1) is 21.7 Å². The van der Waals surface area contributed by atoms with E-state index >= 15 is 0 Å². The second kappa shape index (κ2) is 3.87. The summed E-state index contributed by atoms with van der Waals surface area (Å²) in [5, 5.41) is 12.7. The van der Waals surface area contributed by atoms with Gasteiger partial charge in [-0.3, -0.25) is 10.1 Å². The maximum atomic E-state index is 13.1. The van der Waals surface area contributed by atoms with Crippen molar-refractivity contribution in [1.82, 2.24) is 0 Å². The van der Waals surface area contributed by atoms with Crippen LogP contribution >= 0.6 is 15.9 Å². The molecule has 14 heavy (non-hydrogen) atoms. The van der Waals surface area contributed by atoms with Crippen LogP contribution in [0.4, 0.5) is 20.2 Å². The molecule has 0 saturated heterocycles. The van der Waals surface area contributed by atoms with Gasteiger partial charge in [-0.25, -0.2) is 8.78 Å². The first kappa shape index (κ1) is 10.8. The van der Waals surface area contributed by atoms with E-state index in [4.69, 9.17) is 0 Å². The van der Waals surface area contributed by atoms with Gasteiger partial charge >= 0.3 is 0 Å². The van der Waals surface area contributed by atoms with E-state index in [0.29, 0.717) is 0 Å². The monoisotopic (exact) mass is 266 g/mol. The molecule has 1 aromatic rings. The highest BCUT2D eigenvalue weighted by molar-refractivity contribution is 9.10. The van der Waals surface area contributed by atoms with Crippen LogP contribution in [0.15, 0.2) is 10.5 Å². The quantitative estimate of drug-likeness (QED) is 0.509. The van der Waals surface area contributed by atoms with Crippen LogP contribution in [0.25, 0.3) is 0 Å². The first-order valence-electron chi connectivity index (χ1n) is 3.48. The number of hydrogen-bond acceptors (Lipinski definition) is 3. The summed E-state index contributed by atoms with van der Waals surface area (Å²) in [5.41, 5.74) is -0.978. The van der Waals surface area contributed by atoms with Crippen molar-refractivity contribution in [2.75, 3.05) is 12.4 Å². The second-order valence-electron chi connectivity index (χ2n) is 2.39. The van der Waals surface area contributed by atoms with E-state index in [1.165, 1.54) is 7.05 Å². The average Bonchev–Trinajstić information content (AvgIpc) is 2.13. The number of nitro benzene ring substituents is 1. The van der Waals surface area contributed by atoms with Gasteiger partial charge in [0.15, 0.2) is 17.3 Å². The van der Waals surface area contributed by atoms with Crippen molar-refractivity contribution in [3.8, 4) is 0 Å². The van der Waals surface area contributed by atoms with Gasteiger partial charge in [-0.05, 0) is 15.9 Å². The van der Waals surface area contributed by atoms with Crippen LogP contribution in [-0.4, -0.2) is 12.0 Å². The van der Waals surface area contributed by atoms with E-state index < -0.39 is 27.9 Å². The van der Waals surface area contributed by atoms with E-state index in [1.807, 2.05) is 0 Å². The number of nitrogens with zero attached hydrogens (tertiary/aromatic N) is 1. The van der Waals surface area contributed by atoms with E-state index in [1.54, 1.807) is 0 Å². The molecule has 0 fully saturated rings. The molecule has 4 nitrogen and oxygen atoms in total. The molecule has 76 valence electrons. The Labute approximate surface area is 86.2 Å². The number of halogens is 3. The van der Waals surface area contributed by atoms with Gasteiger partial charge in [-0.1, -0.05) is 0 Å². The third-order valence-corrected chi connectivity index (χ3v) is 2.17. The molecule has 1 aromatic carbocycles. The minimum Gasteiger partial charge on any atom is -0.380 e. The van der Waals surface area contributed by atoms with E-state index in [2.05, 4.69) is 21.2 Å². The molecule has 0 heterocycles. The Morgan fingerprint density at radius 1 is 1.50 bits per heavy atom. The normalized spacial score (nSPS) is 10.0. The highest BCUT2D eigenvalue weighted by Gasteiger charge is 2.23. The molecule has 0 unspecified atom stereocenters. The fraction of sp³-hybridized carbons (Fsp3) is 0.143. The highest BCUT2D eigenvalue weighted by Crippen LogP contribution is 2.33. The van der Waals surface area contributed by atoms with Crippen molar-refractivity contribution in [3.05, 3.63) is 32.3 Å². The van der Waals surface area contributed by atoms with Gasteiger partial charge in [0.25, 0.3) is 5.69 Å². The number of hydrogen-bond donors (Lipinski definition) is 1. The number of benzene rings is 1. The molecule has 0 bridgehead atoms. The summed E-state index contributed by atoms with van der Waals surface area (Å²) in [5.74, 6) is -2.42. The topological polar surface area (TPSA) is 55.2 Å². The number of nitrogens with one attached hydrogen (secondary N) is 1. The lowest BCUT2D eigenvalue weighted by Crippen LogP contribution is -2.02. The SMILES string of the molecule is CNc1c([N+](=O)[O-])cc(Br)c(F)c1F. The van der Waals surface area contributed by atoms with E-state index in [-0.39, 0.29) is 4.47 Å². The third-order valence-electron chi connectivity index (χ3n) is 1.59. The first-order chi connectivity index (χ1) is 6.49. The van der Waals surface area contributed by atoms with Gasteiger partial charge in [0.1, 0.15) is 0 Å². The number of nitro groups is 1. The van der Waals surface area contributed by atoms with Crippen molar-refractivity contribution < 1.29 is 13.7 Å². The Hall–Kier alpha value is -1.24. The summed E-state index contributed by atoms with van der Waals surface area (Å²) in [7, 11) is 1.28. The molecule has 7 heteroatoms. The lowest BCUT2D eigenvalue weighted by atomic mass is 10.2. The van der Waals surface area contributed by atoms with Crippen molar-refractivity contribution in [2.24, 2.45) is 0 Å². The Balaban J connectivity index is 3.51. The van der Waals surface area contributed by atoms with Gasteiger partial charge in [0.2, 0.25) is 0 Å². The van der Waals surface area contributed by atoms with Crippen LogP contribution in [0.5, 0.6) is 0 Å². The predicted octanol–water partition coefficient (Wildman–Crippen LogP) is 2.68. The lowest BCUT2D eigenvalue weighted by Gasteiger charge is -2.05. The van der Waals surface area contributed by atoms with Crippen molar-refractivity contribution in [3.63, 3.8) is 0 Å². The van der Waals surface area contributed by atoms with Gasteiger partial charge in [0.05, 0.1) is 9.40 Å². The molecular weight excluding hydrogens is 262 g/mol. The highest BCUT2D eigenvalue weighted by atomic mass is 79.9. The molecule has 0 aliphatic heterocycles. The standard InChI is InChI=1S/C7H5BrF2N2O2/c1-11-7-4(12(13)14)2-3(8)5(9)6(7)10/h2,11H,1H3. The van der Waals surface area contributed by atoms with Gasteiger partial charge in [0, 0.05) is 13.1 Å². The largest absolute Gasteiger partial charge is 0.380 e. The zero-order valence-electron chi connectivity index (χ0n) is 6.97.